The predicted molar refractivity (Wildman–Crippen MR) is 78.6 cm³/mol. The molecule has 104 valence electrons. The molecule has 0 aromatic carbocycles. The summed E-state index contributed by atoms with van der Waals surface area (Å²) < 4.78 is 6.22. The molecule has 0 aliphatic carbocycles. The second kappa shape index (κ2) is 6.49. The van der Waals surface area contributed by atoms with Crippen molar-refractivity contribution in [3.8, 4) is 0 Å². The van der Waals surface area contributed by atoms with Crippen molar-refractivity contribution >= 4 is 33.3 Å². The van der Waals surface area contributed by atoms with Gasteiger partial charge in [-0.3, -0.25) is 0 Å². The van der Waals surface area contributed by atoms with Gasteiger partial charge in [0.15, 0.2) is 0 Å². The highest BCUT2D eigenvalue weighted by Crippen LogP contribution is 2.26. The van der Waals surface area contributed by atoms with Crippen molar-refractivity contribution in [1.29, 1.82) is 0 Å². The molecule has 1 aliphatic rings. The summed E-state index contributed by atoms with van der Waals surface area (Å²) in [5.41, 5.74) is 0.972. The molecule has 1 aliphatic heterocycles. The number of hydrogen-bond donors (Lipinski definition) is 1. The van der Waals surface area contributed by atoms with E-state index in [1.165, 1.54) is 0 Å². The van der Waals surface area contributed by atoms with Crippen LogP contribution in [0.3, 0.4) is 0 Å². The maximum atomic E-state index is 12.2. The van der Waals surface area contributed by atoms with Crippen LogP contribution in [0, 0.1) is 6.92 Å². The molecule has 7 heteroatoms. The van der Waals surface area contributed by atoms with E-state index in [2.05, 4.69) is 32.8 Å². The first kappa shape index (κ1) is 14.5. The number of rotatable bonds is 3. The van der Waals surface area contributed by atoms with Gasteiger partial charge in [-0.15, -0.1) is 11.3 Å². The molecule has 2 amide bonds. The van der Waals surface area contributed by atoms with Crippen LogP contribution < -0.4 is 5.32 Å². The van der Waals surface area contributed by atoms with E-state index >= 15 is 0 Å². The molecule has 1 saturated heterocycles. The number of carbonyl (C=O) groups excluding carboxylic acids is 1. The van der Waals surface area contributed by atoms with Crippen LogP contribution in [0.25, 0.3) is 0 Å². The summed E-state index contributed by atoms with van der Waals surface area (Å²) in [7, 11) is 0. The van der Waals surface area contributed by atoms with E-state index < -0.39 is 0 Å². The van der Waals surface area contributed by atoms with E-state index in [1.807, 2.05) is 12.3 Å². The molecule has 0 bridgehead atoms. The summed E-state index contributed by atoms with van der Waals surface area (Å²) in [4.78, 5) is 18.4. The molecule has 1 N–H and O–H groups in total. The molecule has 0 spiro atoms. The highest BCUT2D eigenvalue weighted by molar-refractivity contribution is 9.11. The number of nitrogens with one attached hydrogen (secondary N) is 1. The monoisotopic (exact) mass is 345 g/mol. The summed E-state index contributed by atoms with van der Waals surface area (Å²) in [6.07, 6.45) is 0. The fourth-order valence-electron chi connectivity index (χ4n) is 1.85. The van der Waals surface area contributed by atoms with Gasteiger partial charge in [0.1, 0.15) is 11.0 Å². The lowest BCUT2D eigenvalue weighted by Gasteiger charge is -2.34. The van der Waals surface area contributed by atoms with E-state index in [0.717, 1.165) is 15.2 Å². The number of thiazole rings is 1. The van der Waals surface area contributed by atoms with E-state index in [-0.39, 0.29) is 12.1 Å². The van der Waals surface area contributed by atoms with Gasteiger partial charge >= 0.3 is 6.03 Å². The maximum absolute atomic E-state index is 12.2. The summed E-state index contributed by atoms with van der Waals surface area (Å²) in [6.45, 7) is 7.69. The quantitative estimate of drug-likeness (QED) is 0.915. The van der Waals surface area contributed by atoms with Gasteiger partial charge < -0.3 is 15.0 Å². The second-order valence-corrected chi connectivity index (χ2v) is 6.30. The third-order valence-electron chi connectivity index (χ3n) is 2.74. The molecule has 0 saturated carbocycles. The van der Waals surface area contributed by atoms with E-state index in [1.54, 1.807) is 16.2 Å². The second-order valence-electron chi connectivity index (χ2n) is 4.29. The normalized spacial score (nSPS) is 19.3. The predicted octanol–water partition coefficient (Wildman–Crippen LogP) is 2.44. The van der Waals surface area contributed by atoms with Gasteiger partial charge in [0.05, 0.1) is 19.8 Å². The van der Waals surface area contributed by atoms with Gasteiger partial charge in [0.25, 0.3) is 0 Å². The Labute approximate surface area is 124 Å². The lowest BCUT2D eigenvalue weighted by molar-refractivity contribution is 0.0117. The van der Waals surface area contributed by atoms with Crippen LogP contribution in [0.5, 0.6) is 0 Å². The van der Waals surface area contributed by atoms with E-state index in [9.17, 15) is 4.79 Å². The number of ether oxygens (including phenoxy) is 1. The molecule has 2 heterocycles. The van der Waals surface area contributed by atoms with Gasteiger partial charge in [-0.25, -0.2) is 9.78 Å². The van der Waals surface area contributed by atoms with E-state index in [4.69, 9.17) is 4.74 Å². The molecule has 1 atom stereocenters. The van der Waals surface area contributed by atoms with Crippen molar-refractivity contribution in [3.05, 3.63) is 27.1 Å². The minimum Gasteiger partial charge on any atom is -0.377 e. The molecule has 0 radical (unpaired) electrons. The average molecular weight is 346 g/mol. The molecule has 19 heavy (non-hydrogen) atoms. The Hall–Kier alpha value is -0.920. The van der Waals surface area contributed by atoms with Gasteiger partial charge in [0.2, 0.25) is 0 Å². The lowest BCUT2D eigenvalue weighted by Crippen LogP contribution is -2.48. The summed E-state index contributed by atoms with van der Waals surface area (Å²) in [5, 5.41) is 5.73. The van der Waals surface area contributed by atoms with Crippen LogP contribution >= 0.6 is 27.3 Å². The smallest absolute Gasteiger partial charge is 0.318 e. The third kappa shape index (κ3) is 3.77. The zero-order chi connectivity index (χ0) is 13.8. The van der Waals surface area contributed by atoms with Crippen LogP contribution in [-0.4, -0.2) is 42.2 Å². The SMILES string of the molecule is C=C(Br)CNC(=O)N1CCOCC1c1nc(C)cs1. The van der Waals surface area contributed by atoms with Crippen LogP contribution in [0.1, 0.15) is 16.7 Å². The Kier molecular flexibility index (Phi) is 4.95. The molecule has 2 rings (SSSR count). The van der Waals surface area contributed by atoms with Crippen LogP contribution in [0.15, 0.2) is 16.4 Å². The number of nitrogens with zero attached hydrogens (tertiary/aromatic N) is 2. The first-order valence-electron chi connectivity index (χ1n) is 5.95. The zero-order valence-corrected chi connectivity index (χ0v) is 13.1. The van der Waals surface area contributed by atoms with Crippen molar-refractivity contribution in [3.63, 3.8) is 0 Å². The fraction of sp³-hybridized carbons (Fsp3) is 0.500. The Balaban J connectivity index is 2.07. The highest BCUT2D eigenvalue weighted by Gasteiger charge is 2.30. The van der Waals surface area contributed by atoms with E-state index in [0.29, 0.717) is 26.3 Å². The maximum Gasteiger partial charge on any atom is 0.318 e. The standard InChI is InChI=1S/C12H16BrN3O2S/c1-8(13)5-14-12(17)16-3-4-18-6-10(16)11-15-9(2)7-19-11/h7,10H,1,3-6H2,2H3,(H,14,17). The minimum absolute atomic E-state index is 0.101. The average Bonchev–Trinajstić information content (AvgIpc) is 2.82. The summed E-state index contributed by atoms with van der Waals surface area (Å²) in [5.74, 6) is 0. The first-order valence-corrected chi connectivity index (χ1v) is 7.62. The van der Waals surface area contributed by atoms with Crippen molar-refractivity contribution in [2.24, 2.45) is 0 Å². The Bertz CT molecular complexity index is 477. The molecular weight excluding hydrogens is 330 g/mol. The van der Waals surface area contributed by atoms with Crippen molar-refractivity contribution in [1.82, 2.24) is 15.2 Å². The third-order valence-corrected chi connectivity index (χ3v) is 4.09. The number of hydrogen-bond acceptors (Lipinski definition) is 4. The van der Waals surface area contributed by atoms with Crippen LogP contribution in [0.4, 0.5) is 4.79 Å². The number of aryl methyl sites for hydroxylation is 1. The zero-order valence-electron chi connectivity index (χ0n) is 10.7. The number of aromatic nitrogens is 1. The van der Waals surface area contributed by atoms with Gasteiger partial charge in [0, 0.05) is 22.1 Å². The number of carbonyl (C=O) groups is 1. The molecule has 1 fully saturated rings. The number of morpholine rings is 1. The van der Waals surface area contributed by atoms with Crippen molar-refractivity contribution < 1.29 is 9.53 Å². The van der Waals surface area contributed by atoms with Crippen LogP contribution in [0.2, 0.25) is 0 Å². The fourth-order valence-corrected chi connectivity index (χ4v) is 2.88. The molecular formula is C12H16BrN3O2S. The molecule has 5 nitrogen and oxygen atoms in total. The highest BCUT2D eigenvalue weighted by atomic mass is 79.9. The minimum atomic E-state index is -0.109. The van der Waals surface area contributed by atoms with Crippen molar-refractivity contribution in [2.45, 2.75) is 13.0 Å². The number of halogens is 1. The van der Waals surface area contributed by atoms with Gasteiger partial charge in [-0.2, -0.15) is 0 Å². The Morgan fingerprint density at radius 2 is 2.58 bits per heavy atom. The first-order chi connectivity index (χ1) is 9.08. The number of amides is 2. The van der Waals surface area contributed by atoms with Gasteiger partial charge in [-0.1, -0.05) is 22.5 Å². The summed E-state index contributed by atoms with van der Waals surface area (Å²) in [6, 6.07) is -0.210. The molecule has 1 aromatic heterocycles. The van der Waals surface area contributed by atoms with Crippen LogP contribution in [-0.2, 0) is 4.74 Å². The number of urea groups is 1. The molecule has 1 aromatic rings. The van der Waals surface area contributed by atoms with Crippen molar-refractivity contribution in [2.75, 3.05) is 26.3 Å². The largest absolute Gasteiger partial charge is 0.377 e. The summed E-state index contributed by atoms with van der Waals surface area (Å²) >= 11 is 4.79. The van der Waals surface area contributed by atoms with Gasteiger partial charge in [-0.05, 0) is 6.92 Å². The lowest BCUT2D eigenvalue weighted by atomic mass is 10.2. The Morgan fingerprint density at radius 3 is 3.21 bits per heavy atom. The Morgan fingerprint density at radius 1 is 1.79 bits per heavy atom. The molecule has 1 unspecified atom stereocenters. The topological polar surface area (TPSA) is 54.5 Å².